The maximum Gasteiger partial charge on any atom is 0.148 e. The van der Waals surface area contributed by atoms with Crippen LogP contribution in [0.15, 0.2) is 103 Å². The molecule has 0 fully saturated rings. The van der Waals surface area contributed by atoms with Crippen molar-refractivity contribution in [3.8, 4) is 0 Å². The Morgan fingerprint density at radius 3 is 1.96 bits per heavy atom. The van der Waals surface area contributed by atoms with E-state index in [0.717, 1.165) is 26.9 Å². The molecule has 0 N–H and O–H groups in total. The van der Waals surface area contributed by atoms with E-state index in [1.54, 1.807) is 0 Å². The van der Waals surface area contributed by atoms with E-state index in [-0.39, 0.29) is 0 Å². The highest BCUT2D eigenvalue weighted by Crippen LogP contribution is 2.48. The number of hydrogen-bond donors (Lipinski definition) is 0. The van der Waals surface area contributed by atoms with Crippen molar-refractivity contribution in [2.24, 2.45) is 0 Å². The molecule has 4 aromatic carbocycles. The average Bonchev–Trinajstić information content (AvgIpc) is 2.69. The zero-order chi connectivity index (χ0) is 17.1. The second-order valence-corrected chi connectivity index (χ2v) is 9.01. The molecular weight excluding hydrogens is 323 g/mol. The van der Waals surface area contributed by atoms with Gasteiger partial charge >= 0.3 is 0 Å². The molecule has 0 amide bonds. The molecule has 0 aliphatic rings. The van der Waals surface area contributed by atoms with Gasteiger partial charge in [0.2, 0.25) is 0 Å². The van der Waals surface area contributed by atoms with Gasteiger partial charge < -0.3 is 4.57 Å². The van der Waals surface area contributed by atoms with Crippen LogP contribution in [0.25, 0.3) is 10.8 Å². The van der Waals surface area contributed by atoms with Crippen LogP contribution in [-0.4, -0.2) is 0 Å². The predicted octanol–water partition coefficient (Wildman–Crippen LogP) is 5.35. The van der Waals surface area contributed by atoms with E-state index in [1.807, 2.05) is 72.8 Å². The van der Waals surface area contributed by atoms with Gasteiger partial charge in [0.15, 0.2) is 0 Å². The average molecular weight is 342 g/mol. The van der Waals surface area contributed by atoms with Crippen molar-refractivity contribution in [2.45, 2.75) is 6.16 Å². The zero-order valence-electron chi connectivity index (χ0n) is 13.9. The Labute approximate surface area is 148 Å². The molecule has 0 bridgehead atoms. The second-order valence-electron chi connectivity index (χ2n) is 6.22. The Kier molecular flexibility index (Phi) is 4.26. The Morgan fingerprint density at radius 2 is 1.20 bits per heavy atom. The van der Waals surface area contributed by atoms with Crippen LogP contribution in [-0.2, 0) is 10.7 Å². The summed E-state index contributed by atoms with van der Waals surface area (Å²) in [6.07, 6.45) is 0.534. The smallest absolute Gasteiger partial charge is 0.148 e. The largest absolute Gasteiger partial charge is 0.313 e. The third-order valence-electron chi connectivity index (χ3n) is 4.58. The molecule has 0 aliphatic carbocycles. The zero-order valence-corrected chi connectivity index (χ0v) is 14.8. The van der Waals surface area contributed by atoms with Crippen molar-refractivity contribution >= 4 is 28.5 Å². The number of benzene rings is 4. The van der Waals surface area contributed by atoms with Gasteiger partial charge in [0.05, 0.1) is 0 Å². The molecule has 0 aromatic heterocycles. The Balaban J connectivity index is 1.96. The fourth-order valence-corrected chi connectivity index (χ4v) is 6.28. The van der Waals surface area contributed by atoms with Crippen LogP contribution in [0.4, 0.5) is 0 Å². The van der Waals surface area contributed by atoms with Crippen molar-refractivity contribution in [3.63, 3.8) is 0 Å². The molecule has 0 radical (unpaired) electrons. The van der Waals surface area contributed by atoms with Gasteiger partial charge in [0.1, 0.15) is 7.14 Å². The molecule has 122 valence electrons. The molecule has 1 atom stereocenters. The van der Waals surface area contributed by atoms with E-state index in [9.17, 15) is 4.57 Å². The third-order valence-corrected chi connectivity index (χ3v) is 7.69. The number of hydrogen-bond acceptors (Lipinski definition) is 1. The summed E-state index contributed by atoms with van der Waals surface area (Å²) in [5.74, 6) is 0. The van der Waals surface area contributed by atoms with Crippen LogP contribution in [0.2, 0.25) is 0 Å². The third kappa shape index (κ3) is 3.04. The van der Waals surface area contributed by atoms with Crippen molar-refractivity contribution in [3.05, 3.63) is 109 Å². The van der Waals surface area contributed by atoms with Gasteiger partial charge in [-0.15, -0.1) is 0 Å². The maximum atomic E-state index is 14.4. The summed E-state index contributed by atoms with van der Waals surface area (Å²) in [6.45, 7) is 0. The second kappa shape index (κ2) is 6.70. The first-order valence-electron chi connectivity index (χ1n) is 8.44. The van der Waals surface area contributed by atoms with Crippen molar-refractivity contribution in [1.29, 1.82) is 0 Å². The summed E-state index contributed by atoms with van der Waals surface area (Å²) in [4.78, 5) is 0. The quantitative estimate of drug-likeness (QED) is 0.457. The molecule has 0 heterocycles. The molecule has 0 saturated carbocycles. The minimum Gasteiger partial charge on any atom is -0.313 e. The molecular formula is C23H19OP. The molecule has 4 aromatic rings. The van der Waals surface area contributed by atoms with Crippen LogP contribution in [0, 0.1) is 0 Å². The first kappa shape index (κ1) is 15.9. The lowest BCUT2D eigenvalue weighted by Crippen LogP contribution is -2.18. The molecule has 1 nitrogen and oxygen atoms in total. The van der Waals surface area contributed by atoms with Gasteiger partial charge in [-0.3, -0.25) is 0 Å². The van der Waals surface area contributed by atoms with E-state index >= 15 is 0 Å². The lowest BCUT2D eigenvalue weighted by Gasteiger charge is -2.21. The Bertz CT molecular complexity index is 1030. The molecule has 25 heavy (non-hydrogen) atoms. The van der Waals surface area contributed by atoms with Crippen LogP contribution in [0.5, 0.6) is 0 Å². The topological polar surface area (TPSA) is 17.1 Å². The molecule has 2 heteroatoms. The Morgan fingerprint density at radius 1 is 0.600 bits per heavy atom. The Hall–Kier alpha value is -2.63. The summed E-state index contributed by atoms with van der Waals surface area (Å²) in [5.41, 5.74) is 1.10. The molecule has 0 saturated heterocycles. The highest BCUT2D eigenvalue weighted by Gasteiger charge is 2.29. The summed E-state index contributed by atoms with van der Waals surface area (Å²) in [7, 11) is -2.79. The van der Waals surface area contributed by atoms with E-state index < -0.39 is 7.14 Å². The lowest BCUT2D eigenvalue weighted by atomic mass is 10.1. The molecule has 0 spiro atoms. The van der Waals surface area contributed by atoms with Gasteiger partial charge in [0.25, 0.3) is 0 Å². The summed E-state index contributed by atoms with van der Waals surface area (Å²) < 4.78 is 14.4. The fraction of sp³-hybridized carbons (Fsp3) is 0.0435. The highest BCUT2D eigenvalue weighted by molar-refractivity contribution is 7.78. The number of fused-ring (bicyclic) bond motifs is 1. The molecule has 1 unspecified atom stereocenters. The SMILES string of the molecule is O=P(Cc1ccccc1)(c1ccccc1)c1cccc2ccccc12. The lowest BCUT2D eigenvalue weighted by molar-refractivity contribution is 0.586. The first-order valence-corrected chi connectivity index (χ1v) is 10.3. The van der Waals surface area contributed by atoms with Crippen LogP contribution < -0.4 is 10.6 Å². The predicted molar refractivity (Wildman–Crippen MR) is 107 cm³/mol. The summed E-state index contributed by atoms with van der Waals surface area (Å²) in [6, 6.07) is 34.3. The van der Waals surface area contributed by atoms with Gasteiger partial charge in [0, 0.05) is 16.8 Å². The molecule has 0 aliphatic heterocycles. The van der Waals surface area contributed by atoms with Crippen LogP contribution >= 0.6 is 7.14 Å². The van der Waals surface area contributed by atoms with Crippen molar-refractivity contribution in [1.82, 2.24) is 0 Å². The van der Waals surface area contributed by atoms with E-state index in [1.165, 1.54) is 0 Å². The fourth-order valence-electron chi connectivity index (χ4n) is 3.35. The molecule has 4 rings (SSSR count). The van der Waals surface area contributed by atoms with Crippen LogP contribution in [0.3, 0.4) is 0 Å². The summed E-state index contributed by atoms with van der Waals surface area (Å²) in [5, 5.41) is 4.06. The number of rotatable bonds is 4. The monoisotopic (exact) mass is 342 g/mol. The maximum absolute atomic E-state index is 14.4. The minimum atomic E-state index is -2.79. The van der Waals surface area contributed by atoms with E-state index in [0.29, 0.717) is 6.16 Å². The van der Waals surface area contributed by atoms with Gasteiger partial charge in [-0.05, 0) is 16.3 Å². The first-order chi connectivity index (χ1) is 12.3. The normalized spacial score (nSPS) is 13.4. The van der Waals surface area contributed by atoms with Crippen LogP contribution in [0.1, 0.15) is 5.56 Å². The van der Waals surface area contributed by atoms with Gasteiger partial charge in [-0.25, -0.2) is 0 Å². The van der Waals surface area contributed by atoms with Gasteiger partial charge in [-0.1, -0.05) is 103 Å². The minimum absolute atomic E-state index is 0.534. The van der Waals surface area contributed by atoms with Gasteiger partial charge in [-0.2, -0.15) is 0 Å². The van der Waals surface area contributed by atoms with Crippen molar-refractivity contribution in [2.75, 3.05) is 0 Å². The highest BCUT2D eigenvalue weighted by atomic mass is 31.2. The van der Waals surface area contributed by atoms with Crippen molar-refractivity contribution < 1.29 is 4.57 Å². The summed E-state index contributed by atoms with van der Waals surface area (Å²) >= 11 is 0. The standard InChI is InChI=1S/C23H19OP/c24-25(21-14-5-2-6-15-21,18-19-10-3-1-4-11-19)23-17-9-13-20-12-7-8-16-22(20)23/h1-17H,18H2. The van der Waals surface area contributed by atoms with E-state index in [4.69, 9.17) is 0 Å². The van der Waals surface area contributed by atoms with E-state index in [2.05, 4.69) is 30.3 Å².